The summed E-state index contributed by atoms with van der Waals surface area (Å²) in [4.78, 5) is 10.6. The normalized spacial score (nSPS) is 10.6. The van der Waals surface area contributed by atoms with E-state index in [-0.39, 0.29) is 5.69 Å². The number of aryl methyl sites for hydroxylation is 1. The number of carboxylic acid groups (broad SMARTS) is 1. The third-order valence-corrected chi connectivity index (χ3v) is 2.10. The van der Waals surface area contributed by atoms with Crippen molar-refractivity contribution in [1.29, 1.82) is 0 Å². The lowest BCUT2D eigenvalue weighted by atomic mass is 10.4. The van der Waals surface area contributed by atoms with Gasteiger partial charge in [0.05, 0.1) is 6.20 Å². The highest BCUT2D eigenvalue weighted by atomic mass is 16.4. The second-order valence-electron chi connectivity index (χ2n) is 3.42. The molecule has 0 aliphatic carbocycles. The minimum absolute atomic E-state index is 0.0977. The number of tetrazole rings is 1. The van der Waals surface area contributed by atoms with E-state index >= 15 is 0 Å². The summed E-state index contributed by atoms with van der Waals surface area (Å²) in [5.41, 5.74) is -0.0977. The molecule has 2 aromatic heterocycles. The maximum absolute atomic E-state index is 10.6. The average Bonchev–Trinajstić information content (AvgIpc) is 2.90. The maximum Gasteiger partial charge on any atom is 0.358 e. The van der Waals surface area contributed by atoms with Gasteiger partial charge in [0, 0.05) is 6.54 Å². The van der Waals surface area contributed by atoms with Gasteiger partial charge in [0.1, 0.15) is 6.54 Å². The molecule has 2 aromatic rings. The monoisotopic (exact) mass is 237 g/mol. The quantitative estimate of drug-likeness (QED) is 0.740. The molecular formula is C8H11N7O2. The Morgan fingerprint density at radius 3 is 2.88 bits per heavy atom. The van der Waals surface area contributed by atoms with Gasteiger partial charge in [-0.2, -0.15) is 0 Å². The van der Waals surface area contributed by atoms with Gasteiger partial charge in [-0.25, -0.2) is 14.2 Å². The van der Waals surface area contributed by atoms with Crippen molar-refractivity contribution in [2.45, 2.75) is 26.4 Å². The lowest BCUT2D eigenvalue weighted by molar-refractivity contribution is 0.0690. The van der Waals surface area contributed by atoms with Gasteiger partial charge in [0.25, 0.3) is 0 Å². The van der Waals surface area contributed by atoms with Crippen molar-refractivity contribution in [1.82, 2.24) is 35.2 Å². The average molecular weight is 237 g/mol. The Morgan fingerprint density at radius 2 is 2.24 bits per heavy atom. The van der Waals surface area contributed by atoms with Crippen LogP contribution in [0.3, 0.4) is 0 Å². The Bertz CT molecular complexity index is 517. The molecule has 0 aromatic carbocycles. The molecule has 0 spiro atoms. The van der Waals surface area contributed by atoms with Gasteiger partial charge in [-0.15, -0.1) is 10.2 Å². The Hall–Kier alpha value is -2.32. The summed E-state index contributed by atoms with van der Waals surface area (Å²) in [7, 11) is 0. The molecular weight excluding hydrogens is 226 g/mol. The summed E-state index contributed by atoms with van der Waals surface area (Å²) >= 11 is 0. The predicted octanol–water partition coefficient (Wildman–Crippen LogP) is -0.579. The van der Waals surface area contributed by atoms with Crippen LogP contribution in [-0.4, -0.2) is 46.3 Å². The van der Waals surface area contributed by atoms with Gasteiger partial charge in [0.15, 0.2) is 11.5 Å². The van der Waals surface area contributed by atoms with E-state index in [1.54, 1.807) is 4.68 Å². The Balaban J connectivity index is 2.13. The molecule has 17 heavy (non-hydrogen) atoms. The van der Waals surface area contributed by atoms with Crippen LogP contribution >= 0.6 is 0 Å². The zero-order valence-electron chi connectivity index (χ0n) is 9.18. The lowest BCUT2D eigenvalue weighted by Crippen LogP contribution is -2.10. The Kier molecular flexibility index (Phi) is 3.08. The molecule has 0 amide bonds. The number of hydrogen-bond donors (Lipinski definition) is 1. The third-order valence-electron chi connectivity index (χ3n) is 2.10. The molecule has 0 aliphatic heterocycles. The number of rotatable bonds is 5. The molecule has 0 fully saturated rings. The largest absolute Gasteiger partial charge is 0.476 e. The number of carboxylic acids is 1. The van der Waals surface area contributed by atoms with E-state index in [9.17, 15) is 4.79 Å². The van der Waals surface area contributed by atoms with E-state index in [0.717, 1.165) is 6.42 Å². The van der Waals surface area contributed by atoms with Crippen LogP contribution in [0.2, 0.25) is 0 Å². The van der Waals surface area contributed by atoms with Crippen LogP contribution in [0.4, 0.5) is 0 Å². The summed E-state index contributed by atoms with van der Waals surface area (Å²) in [6.07, 6.45) is 2.25. The van der Waals surface area contributed by atoms with Gasteiger partial charge in [-0.05, 0) is 16.8 Å². The Morgan fingerprint density at radius 1 is 1.41 bits per heavy atom. The van der Waals surface area contributed by atoms with Gasteiger partial charge < -0.3 is 5.11 Å². The van der Waals surface area contributed by atoms with E-state index in [0.29, 0.717) is 18.9 Å². The van der Waals surface area contributed by atoms with Gasteiger partial charge >= 0.3 is 5.97 Å². The third kappa shape index (κ3) is 2.44. The molecule has 9 nitrogen and oxygen atoms in total. The van der Waals surface area contributed by atoms with Crippen molar-refractivity contribution in [2.24, 2.45) is 0 Å². The number of carbonyl (C=O) groups is 1. The van der Waals surface area contributed by atoms with Crippen molar-refractivity contribution in [3.8, 4) is 0 Å². The highest BCUT2D eigenvalue weighted by molar-refractivity contribution is 5.84. The van der Waals surface area contributed by atoms with Crippen molar-refractivity contribution in [3.05, 3.63) is 17.7 Å². The minimum atomic E-state index is -1.11. The van der Waals surface area contributed by atoms with Crippen LogP contribution in [0.1, 0.15) is 29.7 Å². The fourth-order valence-electron chi connectivity index (χ4n) is 1.34. The first-order valence-electron chi connectivity index (χ1n) is 5.09. The van der Waals surface area contributed by atoms with Crippen LogP contribution in [0.15, 0.2) is 6.20 Å². The fourth-order valence-corrected chi connectivity index (χ4v) is 1.34. The van der Waals surface area contributed by atoms with Crippen LogP contribution < -0.4 is 0 Å². The molecule has 0 saturated carbocycles. The highest BCUT2D eigenvalue weighted by Crippen LogP contribution is 1.99. The van der Waals surface area contributed by atoms with Crippen molar-refractivity contribution >= 4 is 5.97 Å². The molecule has 0 atom stereocenters. The molecule has 2 rings (SSSR count). The molecule has 9 heteroatoms. The number of aromatic nitrogens is 7. The SMILES string of the molecule is CCCn1nnnc1Cn1cc(C(=O)O)nn1. The second-order valence-corrected chi connectivity index (χ2v) is 3.42. The number of hydrogen-bond acceptors (Lipinski definition) is 6. The molecule has 90 valence electrons. The summed E-state index contributed by atoms with van der Waals surface area (Å²) < 4.78 is 3.05. The zero-order chi connectivity index (χ0) is 12.3. The van der Waals surface area contributed by atoms with Crippen LogP contribution in [0, 0.1) is 0 Å². The number of aromatic carboxylic acids is 1. The zero-order valence-corrected chi connectivity index (χ0v) is 9.18. The van der Waals surface area contributed by atoms with Gasteiger partial charge in [-0.3, -0.25) is 0 Å². The first kappa shape index (κ1) is 11.2. The molecule has 1 N–H and O–H groups in total. The highest BCUT2D eigenvalue weighted by Gasteiger charge is 2.11. The van der Waals surface area contributed by atoms with Crippen LogP contribution in [-0.2, 0) is 13.1 Å². The molecule has 0 radical (unpaired) electrons. The topological polar surface area (TPSA) is 112 Å². The standard InChI is InChI=1S/C8H11N7O2/c1-2-3-15-7(10-11-13-15)5-14-4-6(8(16)17)9-12-14/h4H,2-3,5H2,1H3,(H,16,17). The first-order valence-corrected chi connectivity index (χ1v) is 5.09. The summed E-state index contributed by atoms with van der Waals surface area (Å²) in [6, 6.07) is 0. The number of nitrogens with zero attached hydrogens (tertiary/aromatic N) is 7. The summed E-state index contributed by atoms with van der Waals surface area (Å²) in [5.74, 6) is -0.488. The molecule has 0 saturated heterocycles. The van der Waals surface area contributed by atoms with E-state index in [2.05, 4.69) is 25.8 Å². The van der Waals surface area contributed by atoms with E-state index < -0.39 is 5.97 Å². The van der Waals surface area contributed by atoms with Crippen molar-refractivity contribution in [2.75, 3.05) is 0 Å². The van der Waals surface area contributed by atoms with Crippen molar-refractivity contribution < 1.29 is 9.90 Å². The van der Waals surface area contributed by atoms with Gasteiger partial charge in [-0.1, -0.05) is 12.1 Å². The molecule has 0 unspecified atom stereocenters. The molecule has 2 heterocycles. The summed E-state index contributed by atoms with van der Waals surface area (Å²) in [6.45, 7) is 3.03. The van der Waals surface area contributed by atoms with E-state index in [1.165, 1.54) is 10.9 Å². The summed E-state index contributed by atoms with van der Waals surface area (Å²) in [5, 5.41) is 27.1. The van der Waals surface area contributed by atoms with E-state index in [1.807, 2.05) is 6.92 Å². The first-order chi connectivity index (χ1) is 8.20. The van der Waals surface area contributed by atoms with Crippen molar-refractivity contribution in [3.63, 3.8) is 0 Å². The maximum atomic E-state index is 10.6. The van der Waals surface area contributed by atoms with Crippen LogP contribution in [0.25, 0.3) is 0 Å². The lowest BCUT2D eigenvalue weighted by Gasteiger charge is -2.01. The smallest absolute Gasteiger partial charge is 0.358 e. The molecule has 0 bridgehead atoms. The van der Waals surface area contributed by atoms with E-state index in [4.69, 9.17) is 5.11 Å². The second kappa shape index (κ2) is 4.68. The van der Waals surface area contributed by atoms with Crippen LogP contribution in [0.5, 0.6) is 0 Å². The Labute approximate surface area is 96.0 Å². The molecule has 0 aliphatic rings. The van der Waals surface area contributed by atoms with Gasteiger partial charge in [0.2, 0.25) is 0 Å². The predicted molar refractivity (Wildman–Crippen MR) is 54.2 cm³/mol. The minimum Gasteiger partial charge on any atom is -0.476 e. The fraction of sp³-hybridized carbons (Fsp3) is 0.500.